The lowest BCUT2D eigenvalue weighted by molar-refractivity contribution is 0.102. The first kappa shape index (κ1) is 19.5. The van der Waals surface area contributed by atoms with Gasteiger partial charge in [-0.25, -0.2) is 4.98 Å². The fourth-order valence-corrected chi connectivity index (χ4v) is 3.39. The van der Waals surface area contributed by atoms with E-state index < -0.39 is 0 Å². The summed E-state index contributed by atoms with van der Waals surface area (Å²) >= 11 is 12.1. The number of oxazole rings is 1. The van der Waals surface area contributed by atoms with E-state index in [9.17, 15) is 4.79 Å². The van der Waals surface area contributed by atoms with Gasteiger partial charge in [-0.05, 0) is 60.0 Å². The third kappa shape index (κ3) is 4.00. The average molecular weight is 425 g/mol. The summed E-state index contributed by atoms with van der Waals surface area (Å²) in [6, 6.07) is 18.3. The molecular formula is C23H18Cl2N2O2. The summed E-state index contributed by atoms with van der Waals surface area (Å²) < 4.78 is 5.88. The molecular weight excluding hydrogens is 407 g/mol. The van der Waals surface area contributed by atoms with Crippen molar-refractivity contribution < 1.29 is 9.21 Å². The van der Waals surface area contributed by atoms with Gasteiger partial charge < -0.3 is 9.73 Å². The molecule has 0 spiro atoms. The number of carbonyl (C=O) groups excluding carboxylic acids is 1. The zero-order valence-electron chi connectivity index (χ0n) is 15.9. The molecule has 1 N–H and O–H groups in total. The number of carbonyl (C=O) groups is 1. The Kier molecular flexibility index (Phi) is 5.31. The molecule has 0 atom stereocenters. The average Bonchev–Trinajstić information content (AvgIpc) is 3.13. The predicted molar refractivity (Wildman–Crippen MR) is 118 cm³/mol. The van der Waals surface area contributed by atoms with Gasteiger partial charge >= 0.3 is 0 Å². The van der Waals surface area contributed by atoms with Crippen LogP contribution >= 0.6 is 23.2 Å². The lowest BCUT2D eigenvalue weighted by atomic mass is 10.0. The standard InChI is InChI=1S/C23H18Cl2N2O2/c1-13(2)15-8-11-20-19(12-15)27-23(29-20)14-6-9-16(10-7-14)26-22(28)17-4-3-5-18(24)21(17)25/h3-13H,1-2H3,(H,26,28). The molecule has 4 nitrogen and oxygen atoms in total. The quantitative estimate of drug-likeness (QED) is 0.377. The number of hydrogen-bond donors (Lipinski definition) is 1. The summed E-state index contributed by atoms with van der Waals surface area (Å²) in [5.74, 6) is 0.639. The van der Waals surface area contributed by atoms with E-state index in [-0.39, 0.29) is 10.9 Å². The molecule has 3 aromatic carbocycles. The Labute approximate surface area is 178 Å². The van der Waals surface area contributed by atoms with E-state index in [0.717, 1.165) is 16.7 Å². The molecule has 0 fully saturated rings. The molecule has 4 rings (SSSR count). The van der Waals surface area contributed by atoms with Crippen molar-refractivity contribution in [2.75, 3.05) is 5.32 Å². The first-order valence-corrected chi connectivity index (χ1v) is 9.94. The van der Waals surface area contributed by atoms with Gasteiger partial charge in [0.15, 0.2) is 5.58 Å². The maximum atomic E-state index is 12.5. The van der Waals surface area contributed by atoms with Gasteiger partial charge in [-0.2, -0.15) is 0 Å². The zero-order chi connectivity index (χ0) is 20.5. The van der Waals surface area contributed by atoms with Crippen molar-refractivity contribution in [3.8, 4) is 11.5 Å². The molecule has 0 aliphatic carbocycles. The Morgan fingerprint density at radius 3 is 2.52 bits per heavy atom. The number of aromatic nitrogens is 1. The van der Waals surface area contributed by atoms with Gasteiger partial charge in [0.2, 0.25) is 5.89 Å². The minimum Gasteiger partial charge on any atom is -0.436 e. The third-order valence-electron chi connectivity index (χ3n) is 4.66. The summed E-state index contributed by atoms with van der Waals surface area (Å²) in [5, 5.41) is 3.39. The van der Waals surface area contributed by atoms with E-state index >= 15 is 0 Å². The Morgan fingerprint density at radius 1 is 1.03 bits per heavy atom. The highest BCUT2D eigenvalue weighted by Crippen LogP contribution is 2.29. The summed E-state index contributed by atoms with van der Waals surface area (Å²) in [6.45, 7) is 4.29. The number of anilines is 1. The molecule has 0 unspecified atom stereocenters. The molecule has 4 aromatic rings. The van der Waals surface area contributed by atoms with Gasteiger partial charge in [0.1, 0.15) is 5.52 Å². The van der Waals surface area contributed by atoms with Crippen LogP contribution in [0.15, 0.2) is 65.1 Å². The van der Waals surface area contributed by atoms with E-state index in [1.165, 1.54) is 5.56 Å². The van der Waals surface area contributed by atoms with Crippen LogP contribution in [0.25, 0.3) is 22.6 Å². The molecule has 0 aliphatic heterocycles. The normalized spacial score (nSPS) is 11.2. The highest BCUT2D eigenvalue weighted by molar-refractivity contribution is 6.44. The molecule has 29 heavy (non-hydrogen) atoms. The lowest BCUT2D eigenvalue weighted by Gasteiger charge is -2.08. The van der Waals surface area contributed by atoms with Crippen LogP contribution in [0.1, 0.15) is 35.7 Å². The lowest BCUT2D eigenvalue weighted by Crippen LogP contribution is -2.12. The Morgan fingerprint density at radius 2 is 1.79 bits per heavy atom. The second-order valence-electron chi connectivity index (χ2n) is 7.03. The number of fused-ring (bicyclic) bond motifs is 1. The molecule has 1 aromatic heterocycles. The van der Waals surface area contributed by atoms with Crippen molar-refractivity contribution in [2.24, 2.45) is 0 Å². The number of halogens is 2. The molecule has 0 bridgehead atoms. The zero-order valence-corrected chi connectivity index (χ0v) is 17.4. The first-order valence-electron chi connectivity index (χ1n) is 9.18. The Bertz CT molecular complexity index is 1200. The molecule has 1 amide bonds. The fourth-order valence-electron chi connectivity index (χ4n) is 3.00. The van der Waals surface area contributed by atoms with Gasteiger partial charge in [-0.1, -0.05) is 49.2 Å². The number of hydrogen-bond acceptors (Lipinski definition) is 3. The number of amides is 1. The highest BCUT2D eigenvalue weighted by Gasteiger charge is 2.14. The number of nitrogens with zero attached hydrogens (tertiary/aromatic N) is 1. The van der Waals surface area contributed by atoms with Gasteiger partial charge in [-0.15, -0.1) is 0 Å². The Hall–Kier alpha value is -2.82. The van der Waals surface area contributed by atoms with Crippen molar-refractivity contribution in [2.45, 2.75) is 19.8 Å². The first-order chi connectivity index (χ1) is 13.9. The summed E-state index contributed by atoms with van der Waals surface area (Å²) in [7, 11) is 0. The van der Waals surface area contributed by atoms with Crippen LogP contribution in [0.4, 0.5) is 5.69 Å². The Balaban J connectivity index is 1.55. The van der Waals surface area contributed by atoms with Crippen molar-refractivity contribution in [1.82, 2.24) is 4.98 Å². The van der Waals surface area contributed by atoms with Crippen molar-refractivity contribution in [3.63, 3.8) is 0 Å². The largest absolute Gasteiger partial charge is 0.436 e. The van der Waals surface area contributed by atoms with Crippen molar-refractivity contribution >= 4 is 45.9 Å². The van der Waals surface area contributed by atoms with Crippen LogP contribution in [-0.4, -0.2) is 10.9 Å². The van der Waals surface area contributed by atoms with E-state index in [1.54, 1.807) is 30.3 Å². The SMILES string of the molecule is CC(C)c1ccc2oc(-c3ccc(NC(=O)c4cccc(Cl)c4Cl)cc3)nc2c1. The maximum absolute atomic E-state index is 12.5. The topological polar surface area (TPSA) is 55.1 Å². The minimum atomic E-state index is -0.326. The minimum absolute atomic E-state index is 0.232. The van der Waals surface area contributed by atoms with E-state index in [4.69, 9.17) is 27.6 Å². The monoisotopic (exact) mass is 424 g/mol. The van der Waals surface area contributed by atoms with Crippen LogP contribution in [0.3, 0.4) is 0 Å². The highest BCUT2D eigenvalue weighted by atomic mass is 35.5. The predicted octanol–water partition coefficient (Wildman–Crippen LogP) is 7.18. The van der Waals surface area contributed by atoms with Crippen LogP contribution in [-0.2, 0) is 0 Å². The van der Waals surface area contributed by atoms with E-state index in [1.807, 2.05) is 18.2 Å². The summed E-state index contributed by atoms with van der Waals surface area (Å²) in [6.07, 6.45) is 0. The molecule has 0 aliphatic rings. The molecule has 0 radical (unpaired) electrons. The van der Waals surface area contributed by atoms with Crippen LogP contribution in [0, 0.1) is 0 Å². The molecule has 146 valence electrons. The van der Waals surface area contributed by atoms with Crippen LogP contribution in [0.5, 0.6) is 0 Å². The molecule has 0 saturated carbocycles. The maximum Gasteiger partial charge on any atom is 0.257 e. The van der Waals surface area contributed by atoms with Gasteiger partial charge in [-0.3, -0.25) is 4.79 Å². The number of benzene rings is 3. The van der Waals surface area contributed by atoms with Crippen LogP contribution in [0.2, 0.25) is 10.0 Å². The smallest absolute Gasteiger partial charge is 0.257 e. The second-order valence-corrected chi connectivity index (χ2v) is 7.82. The van der Waals surface area contributed by atoms with E-state index in [2.05, 4.69) is 36.3 Å². The summed E-state index contributed by atoms with van der Waals surface area (Å²) in [5.41, 5.74) is 4.58. The van der Waals surface area contributed by atoms with E-state index in [0.29, 0.717) is 28.1 Å². The fraction of sp³-hybridized carbons (Fsp3) is 0.130. The molecule has 0 saturated heterocycles. The second kappa shape index (κ2) is 7.90. The van der Waals surface area contributed by atoms with Gasteiger partial charge in [0.25, 0.3) is 5.91 Å². The van der Waals surface area contributed by atoms with Crippen molar-refractivity contribution in [1.29, 1.82) is 0 Å². The number of nitrogens with one attached hydrogen (secondary N) is 1. The van der Waals surface area contributed by atoms with Crippen LogP contribution < -0.4 is 5.32 Å². The van der Waals surface area contributed by atoms with Gasteiger partial charge in [0, 0.05) is 11.3 Å². The van der Waals surface area contributed by atoms with Crippen molar-refractivity contribution in [3.05, 3.63) is 81.8 Å². The third-order valence-corrected chi connectivity index (χ3v) is 5.48. The summed E-state index contributed by atoms with van der Waals surface area (Å²) in [4.78, 5) is 17.1. The molecule has 6 heteroatoms. The van der Waals surface area contributed by atoms with Gasteiger partial charge in [0.05, 0.1) is 15.6 Å². The molecule has 1 heterocycles. The number of rotatable bonds is 4.